The third-order valence-corrected chi connectivity index (χ3v) is 5.89. The number of urea groups is 1. The molecule has 0 saturated carbocycles. The smallest absolute Gasteiger partial charge is 0.324 e. The van der Waals surface area contributed by atoms with Crippen LogP contribution in [0, 0.1) is 12.7 Å². The Balaban J connectivity index is 1.42. The summed E-state index contributed by atoms with van der Waals surface area (Å²) >= 11 is 0. The van der Waals surface area contributed by atoms with Crippen molar-refractivity contribution in [2.24, 2.45) is 7.05 Å². The monoisotopic (exact) mass is 430 g/mol. The summed E-state index contributed by atoms with van der Waals surface area (Å²) in [6, 6.07) is 12.8. The van der Waals surface area contributed by atoms with Crippen LogP contribution in [0.1, 0.15) is 11.1 Å². The fourth-order valence-electron chi connectivity index (χ4n) is 4.33. The first-order valence-electron chi connectivity index (χ1n) is 10.4. The van der Waals surface area contributed by atoms with Crippen molar-refractivity contribution in [2.45, 2.75) is 13.5 Å². The molecule has 2 aromatic heterocycles. The Kier molecular flexibility index (Phi) is 4.77. The van der Waals surface area contributed by atoms with Crippen LogP contribution in [-0.4, -0.2) is 38.6 Å². The van der Waals surface area contributed by atoms with Gasteiger partial charge in [0.1, 0.15) is 23.6 Å². The Labute approximate surface area is 184 Å². The molecule has 0 aliphatic carbocycles. The van der Waals surface area contributed by atoms with E-state index in [0.717, 1.165) is 11.1 Å². The fourth-order valence-corrected chi connectivity index (χ4v) is 4.33. The van der Waals surface area contributed by atoms with E-state index in [4.69, 9.17) is 5.73 Å². The standard InChI is InChI=1S/C24H23FN6O/c1-15-4-3-5-16(10-15)12-30-8-9-31(24(30)32)17-6-7-18(20(25)11-17)19-13-29(2)23-21(19)22(26)27-14-28-23/h3-7,10-11,13-14H,8-9,12H2,1-2H3,(H2,26,27,28). The molecule has 0 bridgehead atoms. The van der Waals surface area contributed by atoms with Gasteiger partial charge in [0.2, 0.25) is 0 Å². The summed E-state index contributed by atoms with van der Waals surface area (Å²) in [4.78, 5) is 24.7. The third kappa shape index (κ3) is 3.33. The first-order chi connectivity index (χ1) is 15.4. The number of carbonyl (C=O) groups excluding carboxylic acids is 1. The fraction of sp³-hybridized carbons (Fsp3) is 0.208. The molecular formula is C24H23FN6O. The minimum absolute atomic E-state index is 0.124. The van der Waals surface area contributed by atoms with Gasteiger partial charge in [0.05, 0.1) is 5.39 Å². The predicted octanol–water partition coefficient (Wildman–Crippen LogP) is 4.11. The van der Waals surface area contributed by atoms with Crippen LogP contribution in [-0.2, 0) is 13.6 Å². The van der Waals surface area contributed by atoms with Crippen LogP contribution in [0.2, 0.25) is 0 Å². The molecule has 2 amide bonds. The number of aryl methyl sites for hydroxylation is 2. The third-order valence-electron chi connectivity index (χ3n) is 5.89. The zero-order valence-electron chi connectivity index (χ0n) is 17.9. The minimum atomic E-state index is -0.428. The molecule has 4 aromatic rings. The number of carbonyl (C=O) groups is 1. The van der Waals surface area contributed by atoms with Crippen molar-refractivity contribution in [1.82, 2.24) is 19.4 Å². The molecule has 2 aromatic carbocycles. The van der Waals surface area contributed by atoms with E-state index in [0.29, 0.717) is 53.3 Å². The van der Waals surface area contributed by atoms with E-state index in [1.54, 1.807) is 32.7 Å². The number of anilines is 2. The number of rotatable bonds is 4. The second-order valence-corrected chi connectivity index (χ2v) is 8.12. The van der Waals surface area contributed by atoms with Crippen molar-refractivity contribution in [3.8, 4) is 11.1 Å². The van der Waals surface area contributed by atoms with Gasteiger partial charge < -0.3 is 15.2 Å². The van der Waals surface area contributed by atoms with Gasteiger partial charge in [-0.25, -0.2) is 19.2 Å². The maximum absolute atomic E-state index is 15.2. The Morgan fingerprint density at radius 2 is 1.94 bits per heavy atom. The largest absolute Gasteiger partial charge is 0.383 e. The van der Waals surface area contributed by atoms with Crippen LogP contribution in [0.15, 0.2) is 55.0 Å². The van der Waals surface area contributed by atoms with Crippen LogP contribution in [0.3, 0.4) is 0 Å². The Morgan fingerprint density at radius 1 is 1.09 bits per heavy atom. The van der Waals surface area contributed by atoms with Gasteiger partial charge >= 0.3 is 6.03 Å². The van der Waals surface area contributed by atoms with Crippen molar-refractivity contribution in [3.05, 3.63) is 71.9 Å². The number of nitrogens with two attached hydrogens (primary N) is 1. The molecule has 1 saturated heterocycles. The highest BCUT2D eigenvalue weighted by molar-refractivity contribution is 6.01. The van der Waals surface area contributed by atoms with E-state index in [-0.39, 0.29) is 6.03 Å². The molecule has 32 heavy (non-hydrogen) atoms. The number of hydrogen-bond donors (Lipinski definition) is 1. The quantitative estimate of drug-likeness (QED) is 0.528. The molecule has 1 aliphatic rings. The second kappa shape index (κ2) is 7.64. The highest BCUT2D eigenvalue weighted by atomic mass is 19.1. The number of halogens is 1. The van der Waals surface area contributed by atoms with Gasteiger partial charge in [-0.05, 0) is 30.7 Å². The zero-order valence-corrected chi connectivity index (χ0v) is 17.9. The highest BCUT2D eigenvalue weighted by Crippen LogP contribution is 2.35. The highest BCUT2D eigenvalue weighted by Gasteiger charge is 2.30. The normalized spacial score (nSPS) is 14.0. The molecule has 8 heteroatoms. The molecule has 2 N–H and O–H groups in total. The lowest BCUT2D eigenvalue weighted by atomic mass is 10.0. The molecule has 0 unspecified atom stereocenters. The molecule has 5 rings (SSSR count). The summed E-state index contributed by atoms with van der Waals surface area (Å²) in [5, 5.41) is 0.614. The summed E-state index contributed by atoms with van der Waals surface area (Å²) in [6.07, 6.45) is 3.18. The number of nitrogen functional groups attached to an aromatic ring is 1. The average Bonchev–Trinajstić information content (AvgIpc) is 3.29. The van der Waals surface area contributed by atoms with E-state index in [2.05, 4.69) is 16.0 Å². The van der Waals surface area contributed by atoms with Crippen LogP contribution >= 0.6 is 0 Å². The molecule has 162 valence electrons. The van der Waals surface area contributed by atoms with E-state index >= 15 is 4.39 Å². The predicted molar refractivity (Wildman–Crippen MR) is 123 cm³/mol. The molecule has 0 spiro atoms. The minimum Gasteiger partial charge on any atom is -0.383 e. The number of fused-ring (bicyclic) bond motifs is 1. The number of amides is 2. The Morgan fingerprint density at radius 3 is 2.72 bits per heavy atom. The lowest BCUT2D eigenvalue weighted by Gasteiger charge is -2.19. The molecular weight excluding hydrogens is 407 g/mol. The second-order valence-electron chi connectivity index (χ2n) is 8.12. The van der Waals surface area contributed by atoms with Crippen LogP contribution in [0.4, 0.5) is 20.7 Å². The maximum atomic E-state index is 15.2. The van der Waals surface area contributed by atoms with Crippen molar-refractivity contribution in [3.63, 3.8) is 0 Å². The van der Waals surface area contributed by atoms with Gasteiger partial charge in [0.25, 0.3) is 0 Å². The average molecular weight is 430 g/mol. The van der Waals surface area contributed by atoms with Crippen LogP contribution in [0.25, 0.3) is 22.2 Å². The molecule has 1 aliphatic heterocycles. The van der Waals surface area contributed by atoms with Crippen LogP contribution in [0.5, 0.6) is 0 Å². The van der Waals surface area contributed by atoms with Gasteiger partial charge in [0.15, 0.2) is 0 Å². The maximum Gasteiger partial charge on any atom is 0.324 e. The Bertz CT molecular complexity index is 1350. The number of aromatic nitrogens is 3. The van der Waals surface area contributed by atoms with Crippen LogP contribution < -0.4 is 10.6 Å². The number of benzene rings is 2. The molecule has 0 atom stereocenters. The molecule has 3 heterocycles. The first kappa shape index (κ1) is 20.0. The van der Waals surface area contributed by atoms with Crippen molar-refractivity contribution >= 4 is 28.6 Å². The summed E-state index contributed by atoms with van der Waals surface area (Å²) < 4.78 is 17.0. The lowest BCUT2D eigenvalue weighted by molar-refractivity contribution is 0.219. The van der Waals surface area contributed by atoms with Crippen molar-refractivity contribution in [2.75, 3.05) is 23.7 Å². The van der Waals surface area contributed by atoms with E-state index in [1.807, 2.05) is 32.2 Å². The van der Waals surface area contributed by atoms with Gasteiger partial charge in [-0.2, -0.15) is 0 Å². The van der Waals surface area contributed by atoms with Gasteiger partial charge in [-0.15, -0.1) is 0 Å². The van der Waals surface area contributed by atoms with E-state index < -0.39 is 5.82 Å². The summed E-state index contributed by atoms with van der Waals surface area (Å²) in [7, 11) is 1.83. The topological polar surface area (TPSA) is 80.3 Å². The summed E-state index contributed by atoms with van der Waals surface area (Å²) in [5.41, 5.74) is 10.5. The summed E-state index contributed by atoms with van der Waals surface area (Å²) in [6.45, 7) is 3.67. The molecule has 7 nitrogen and oxygen atoms in total. The Hall–Kier alpha value is -3.94. The van der Waals surface area contributed by atoms with Gasteiger partial charge in [0, 0.05) is 49.7 Å². The van der Waals surface area contributed by atoms with Gasteiger partial charge in [-0.1, -0.05) is 29.8 Å². The molecule has 1 fully saturated rings. The van der Waals surface area contributed by atoms with Gasteiger partial charge in [-0.3, -0.25) is 4.90 Å². The van der Waals surface area contributed by atoms with E-state index in [9.17, 15) is 4.79 Å². The first-order valence-corrected chi connectivity index (χ1v) is 10.4. The van der Waals surface area contributed by atoms with Crippen molar-refractivity contribution < 1.29 is 9.18 Å². The number of nitrogens with zero attached hydrogens (tertiary/aromatic N) is 5. The zero-order chi connectivity index (χ0) is 22.4. The molecule has 0 radical (unpaired) electrons. The van der Waals surface area contributed by atoms with Crippen molar-refractivity contribution in [1.29, 1.82) is 0 Å². The number of hydrogen-bond acceptors (Lipinski definition) is 4. The van der Waals surface area contributed by atoms with E-state index in [1.165, 1.54) is 12.4 Å². The summed E-state index contributed by atoms with van der Waals surface area (Å²) in [5.74, 6) is -0.126. The SMILES string of the molecule is Cc1cccc(CN2CCN(c3ccc(-c4cn(C)c5ncnc(N)c45)c(F)c3)C2=O)c1. The lowest BCUT2D eigenvalue weighted by Crippen LogP contribution is -2.31.